The standard InChI is InChI=1S/C9H16F6O3Si/c1-4-16-19(17-5-2,18-6-3)9(14,15)7(10)8(11,12)13/h7H,4-6H2,1-3H3. The second-order valence-electron chi connectivity index (χ2n) is 3.38. The van der Waals surface area contributed by atoms with E-state index in [9.17, 15) is 26.3 Å². The Hall–Kier alpha value is -0.323. The van der Waals surface area contributed by atoms with Gasteiger partial charge in [0.25, 0.3) is 6.17 Å². The summed E-state index contributed by atoms with van der Waals surface area (Å²) in [6.07, 6.45) is -10.1. The average molecular weight is 314 g/mol. The molecule has 0 aliphatic carbocycles. The molecule has 0 amide bonds. The molecule has 0 fully saturated rings. The summed E-state index contributed by atoms with van der Waals surface area (Å²) in [4.78, 5) is 0. The van der Waals surface area contributed by atoms with Crippen LogP contribution in [0.3, 0.4) is 0 Å². The van der Waals surface area contributed by atoms with Gasteiger partial charge in [-0.1, -0.05) is 0 Å². The van der Waals surface area contributed by atoms with Crippen LogP contribution in [0.25, 0.3) is 0 Å². The summed E-state index contributed by atoms with van der Waals surface area (Å²) < 4.78 is 91.0. The van der Waals surface area contributed by atoms with Crippen molar-refractivity contribution in [1.29, 1.82) is 0 Å². The van der Waals surface area contributed by atoms with E-state index in [4.69, 9.17) is 0 Å². The molecule has 0 aromatic rings. The van der Waals surface area contributed by atoms with E-state index in [-0.39, 0.29) is 19.8 Å². The topological polar surface area (TPSA) is 27.7 Å². The van der Waals surface area contributed by atoms with Gasteiger partial charge in [-0.2, -0.15) is 22.0 Å². The van der Waals surface area contributed by atoms with Crippen LogP contribution in [0.4, 0.5) is 26.3 Å². The normalized spacial score (nSPS) is 15.6. The lowest BCUT2D eigenvalue weighted by molar-refractivity contribution is -0.238. The van der Waals surface area contributed by atoms with Crippen molar-refractivity contribution in [3.05, 3.63) is 0 Å². The molecule has 0 heterocycles. The van der Waals surface area contributed by atoms with Crippen LogP contribution in [0.1, 0.15) is 20.8 Å². The van der Waals surface area contributed by atoms with E-state index < -0.39 is 26.7 Å². The van der Waals surface area contributed by atoms with Crippen LogP contribution in [-0.4, -0.2) is 46.5 Å². The monoisotopic (exact) mass is 314 g/mol. The van der Waals surface area contributed by atoms with Crippen LogP contribution in [0.5, 0.6) is 0 Å². The maximum atomic E-state index is 13.8. The zero-order chi connectivity index (χ0) is 15.3. The smallest absolute Gasteiger partial charge is 0.370 e. The maximum Gasteiger partial charge on any atom is 0.578 e. The van der Waals surface area contributed by atoms with Gasteiger partial charge in [0.1, 0.15) is 0 Å². The predicted octanol–water partition coefficient (Wildman–Crippen LogP) is 3.11. The van der Waals surface area contributed by atoms with Crippen molar-refractivity contribution in [3.8, 4) is 0 Å². The molecule has 0 aromatic carbocycles. The van der Waals surface area contributed by atoms with E-state index in [0.29, 0.717) is 0 Å². The molecule has 1 unspecified atom stereocenters. The first-order chi connectivity index (χ1) is 8.59. The summed E-state index contributed by atoms with van der Waals surface area (Å²) in [5.74, 6) is 0. The number of halogens is 6. The van der Waals surface area contributed by atoms with E-state index >= 15 is 0 Å². The summed E-state index contributed by atoms with van der Waals surface area (Å²) in [5.41, 5.74) is -4.91. The van der Waals surface area contributed by atoms with Crippen molar-refractivity contribution >= 4 is 8.80 Å². The number of hydrogen-bond acceptors (Lipinski definition) is 3. The zero-order valence-electron chi connectivity index (χ0n) is 10.7. The van der Waals surface area contributed by atoms with Crippen LogP contribution in [0, 0.1) is 0 Å². The summed E-state index contributed by atoms with van der Waals surface area (Å²) >= 11 is 0. The highest BCUT2D eigenvalue weighted by Gasteiger charge is 2.74. The molecule has 0 aliphatic rings. The minimum atomic E-state index is -5.73. The minimum absolute atomic E-state index is 0.383. The van der Waals surface area contributed by atoms with Crippen molar-refractivity contribution in [1.82, 2.24) is 0 Å². The fourth-order valence-electron chi connectivity index (χ4n) is 1.34. The molecule has 0 radical (unpaired) electrons. The molecule has 0 saturated heterocycles. The lowest BCUT2D eigenvalue weighted by Crippen LogP contribution is -2.67. The van der Waals surface area contributed by atoms with Crippen molar-refractivity contribution in [2.75, 3.05) is 19.8 Å². The molecule has 19 heavy (non-hydrogen) atoms. The molecular weight excluding hydrogens is 298 g/mol. The first-order valence-corrected chi connectivity index (χ1v) is 7.31. The van der Waals surface area contributed by atoms with Gasteiger partial charge in [-0.15, -0.1) is 0 Å². The zero-order valence-corrected chi connectivity index (χ0v) is 11.7. The summed E-state index contributed by atoms with van der Waals surface area (Å²) in [5, 5.41) is 0. The largest absolute Gasteiger partial charge is 0.578 e. The van der Waals surface area contributed by atoms with Crippen molar-refractivity contribution < 1.29 is 39.6 Å². The van der Waals surface area contributed by atoms with E-state index in [1.807, 2.05) is 0 Å². The second-order valence-corrected chi connectivity index (χ2v) is 6.03. The fourth-order valence-corrected chi connectivity index (χ4v) is 3.79. The van der Waals surface area contributed by atoms with E-state index in [2.05, 4.69) is 13.3 Å². The second kappa shape index (κ2) is 6.91. The maximum absolute atomic E-state index is 13.8. The third-order valence-corrected chi connectivity index (χ3v) is 5.09. The Kier molecular flexibility index (Phi) is 6.79. The molecule has 0 saturated carbocycles. The van der Waals surface area contributed by atoms with Gasteiger partial charge in [0, 0.05) is 19.8 Å². The minimum Gasteiger partial charge on any atom is -0.370 e. The third kappa shape index (κ3) is 4.07. The van der Waals surface area contributed by atoms with Gasteiger partial charge >= 0.3 is 20.5 Å². The summed E-state index contributed by atoms with van der Waals surface area (Å²) in [6, 6.07) is 0. The Bertz CT molecular complexity index is 256. The van der Waals surface area contributed by atoms with Gasteiger partial charge in [-0.25, -0.2) is 4.39 Å². The van der Waals surface area contributed by atoms with Crippen LogP contribution >= 0.6 is 0 Å². The lowest BCUT2D eigenvalue weighted by atomic mass is 10.4. The quantitative estimate of drug-likeness (QED) is 0.509. The number of hydrogen-bond donors (Lipinski definition) is 0. The highest BCUT2D eigenvalue weighted by molar-refractivity contribution is 6.63. The van der Waals surface area contributed by atoms with Gasteiger partial charge in [0.05, 0.1) is 0 Å². The van der Waals surface area contributed by atoms with Crippen LogP contribution in [0.2, 0.25) is 0 Å². The third-order valence-electron chi connectivity index (χ3n) is 2.02. The molecule has 0 spiro atoms. The van der Waals surface area contributed by atoms with Crippen LogP contribution in [0.15, 0.2) is 0 Å². The van der Waals surface area contributed by atoms with E-state index in [0.717, 1.165) is 0 Å². The van der Waals surface area contributed by atoms with Crippen molar-refractivity contribution in [3.63, 3.8) is 0 Å². The molecule has 3 nitrogen and oxygen atoms in total. The fraction of sp³-hybridized carbons (Fsp3) is 1.00. The Balaban J connectivity index is 5.53. The molecule has 116 valence electrons. The number of rotatable bonds is 8. The molecule has 0 aromatic heterocycles. The van der Waals surface area contributed by atoms with Gasteiger partial charge in [0.15, 0.2) is 0 Å². The Labute approximate surface area is 108 Å². The first kappa shape index (κ1) is 18.7. The van der Waals surface area contributed by atoms with Gasteiger partial charge in [0.2, 0.25) is 0 Å². The molecule has 0 aliphatic heterocycles. The lowest BCUT2D eigenvalue weighted by Gasteiger charge is -2.36. The van der Waals surface area contributed by atoms with E-state index in [1.54, 1.807) is 0 Å². The van der Waals surface area contributed by atoms with E-state index in [1.165, 1.54) is 20.8 Å². The van der Waals surface area contributed by atoms with Gasteiger partial charge < -0.3 is 13.3 Å². The molecule has 0 rings (SSSR count). The molecule has 0 bridgehead atoms. The predicted molar refractivity (Wildman–Crippen MR) is 56.5 cm³/mol. The Morgan fingerprint density at radius 2 is 1.16 bits per heavy atom. The highest BCUT2D eigenvalue weighted by Crippen LogP contribution is 2.42. The Morgan fingerprint density at radius 1 is 0.842 bits per heavy atom. The average Bonchev–Trinajstić information content (AvgIpc) is 2.27. The first-order valence-electron chi connectivity index (χ1n) is 5.59. The molecule has 0 N–H and O–H groups in total. The highest BCUT2D eigenvalue weighted by atomic mass is 28.4. The molecule has 10 heteroatoms. The number of alkyl halides is 6. The van der Waals surface area contributed by atoms with Crippen LogP contribution in [-0.2, 0) is 13.3 Å². The van der Waals surface area contributed by atoms with Gasteiger partial charge in [-0.05, 0) is 20.8 Å². The summed E-state index contributed by atoms with van der Waals surface area (Å²) in [6.45, 7) is 2.68. The Morgan fingerprint density at radius 3 is 1.37 bits per heavy atom. The van der Waals surface area contributed by atoms with Crippen molar-refractivity contribution in [2.24, 2.45) is 0 Å². The van der Waals surface area contributed by atoms with Crippen LogP contribution < -0.4 is 0 Å². The van der Waals surface area contributed by atoms with Gasteiger partial charge in [-0.3, -0.25) is 0 Å². The molecular formula is C9H16F6O3Si. The SMILES string of the molecule is CCO[Si](OCC)(OCC)C(F)(F)C(F)C(F)(F)F. The van der Waals surface area contributed by atoms with Crippen molar-refractivity contribution in [2.45, 2.75) is 38.7 Å². The molecule has 1 atom stereocenters. The summed E-state index contributed by atoms with van der Waals surface area (Å²) in [7, 11) is -5.12.